The number of hydrogen-bond acceptors (Lipinski definition) is 3. The molecule has 0 aliphatic carbocycles. The van der Waals surface area contributed by atoms with E-state index in [0.717, 1.165) is 43.3 Å². The third kappa shape index (κ3) is 5.82. The van der Waals surface area contributed by atoms with E-state index in [0.29, 0.717) is 6.54 Å². The highest BCUT2D eigenvalue weighted by atomic mass is 19.1. The highest BCUT2D eigenvalue weighted by Gasteiger charge is 2.24. The van der Waals surface area contributed by atoms with Crippen LogP contribution in [0.4, 0.5) is 4.39 Å². The van der Waals surface area contributed by atoms with E-state index in [-0.39, 0.29) is 11.9 Å². The van der Waals surface area contributed by atoms with Gasteiger partial charge in [-0.15, -0.1) is 0 Å². The molecule has 0 saturated carbocycles. The molecule has 5 nitrogen and oxygen atoms in total. The molecule has 1 aliphatic rings. The number of nitrogens with one attached hydrogen (secondary N) is 2. The number of aliphatic imine (C=N–C) groups is 1. The molecular weight excluding hydrogens is 343 g/mol. The van der Waals surface area contributed by atoms with E-state index in [1.165, 1.54) is 25.3 Å². The van der Waals surface area contributed by atoms with Crippen LogP contribution in [0.15, 0.2) is 52.1 Å². The second-order valence-electron chi connectivity index (χ2n) is 6.89. The lowest BCUT2D eigenvalue weighted by Crippen LogP contribution is -2.44. The summed E-state index contributed by atoms with van der Waals surface area (Å²) in [5.41, 5.74) is 0.972. The van der Waals surface area contributed by atoms with Crippen LogP contribution in [0, 0.1) is 5.82 Å². The molecule has 1 aliphatic heterocycles. The van der Waals surface area contributed by atoms with Crippen molar-refractivity contribution in [1.82, 2.24) is 15.5 Å². The van der Waals surface area contributed by atoms with Crippen molar-refractivity contribution < 1.29 is 8.81 Å². The molecule has 2 heterocycles. The Hall–Kier alpha value is -2.34. The Morgan fingerprint density at radius 2 is 2.04 bits per heavy atom. The van der Waals surface area contributed by atoms with Gasteiger partial charge in [-0.25, -0.2) is 4.39 Å². The fourth-order valence-corrected chi connectivity index (χ4v) is 3.55. The molecule has 1 unspecified atom stereocenters. The number of piperidine rings is 1. The second-order valence-corrected chi connectivity index (χ2v) is 6.89. The molecule has 146 valence electrons. The predicted octanol–water partition coefficient (Wildman–Crippen LogP) is 3.35. The number of nitrogens with zero attached hydrogens (tertiary/aromatic N) is 2. The van der Waals surface area contributed by atoms with Gasteiger partial charge in [0.15, 0.2) is 5.96 Å². The lowest BCUT2D eigenvalue weighted by molar-refractivity contribution is 0.146. The van der Waals surface area contributed by atoms with E-state index in [1.54, 1.807) is 25.4 Å². The SMILES string of the molecule is CN=C(NCCc1cccc(F)c1)NCC(c1ccco1)N1CCCCC1. The zero-order valence-electron chi connectivity index (χ0n) is 16.0. The number of guanidine groups is 1. The Kier molecular flexibility index (Phi) is 7.27. The smallest absolute Gasteiger partial charge is 0.191 e. The molecule has 1 saturated heterocycles. The van der Waals surface area contributed by atoms with Gasteiger partial charge in [-0.05, 0) is 62.2 Å². The summed E-state index contributed by atoms with van der Waals surface area (Å²) in [6, 6.07) is 10.9. The number of furan rings is 1. The van der Waals surface area contributed by atoms with Gasteiger partial charge in [-0.1, -0.05) is 18.6 Å². The average Bonchev–Trinajstić information content (AvgIpc) is 3.22. The van der Waals surface area contributed by atoms with Gasteiger partial charge in [0.2, 0.25) is 0 Å². The van der Waals surface area contributed by atoms with Gasteiger partial charge in [-0.3, -0.25) is 9.89 Å². The molecule has 27 heavy (non-hydrogen) atoms. The Bertz CT molecular complexity index is 711. The van der Waals surface area contributed by atoms with Crippen LogP contribution >= 0.6 is 0 Å². The van der Waals surface area contributed by atoms with E-state index in [4.69, 9.17) is 4.42 Å². The van der Waals surface area contributed by atoms with Crippen LogP contribution in [0.1, 0.15) is 36.6 Å². The molecule has 1 aromatic heterocycles. The first-order valence-corrected chi connectivity index (χ1v) is 9.72. The molecule has 0 amide bonds. The van der Waals surface area contributed by atoms with Gasteiger partial charge in [0.25, 0.3) is 0 Å². The third-order valence-electron chi connectivity index (χ3n) is 4.98. The molecule has 1 aromatic carbocycles. The van der Waals surface area contributed by atoms with Crippen molar-refractivity contribution in [2.75, 3.05) is 33.2 Å². The minimum atomic E-state index is -0.196. The fraction of sp³-hybridized carbons (Fsp3) is 0.476. The summed E-state index contributed by atoms with van der Waals surface area (Å²) >= 11 is 0. The highest BCUT2D eigenvalue weighted by Crippen LogP contribution is 2.24. The number of rotatable bonds is 7. The quantitative estimate of drug-likeness (QED) is 0.578. The largest absolute Gasteiger partial charge is 0.468 e. The minimum Gasteiger partial charge on any atom is -0.468 e. The first kappa shape index (κ1) is 19.4. The molecule has 2 N–H and O–H groups in total. The Balaban J connectivity index is 1.51. The second kappa shape index (κ2) is 10.1. The first-order chi connectivity index (χ1) is 13.3. The molecule has 2 aromatic rings. The zero-order chi connectivity index (χ0) is 18.9. The van der Waals surface area contributed by atoms with E-state index in [1.807, 2.05) is 18.2 Å². The van der Waals surface area contributed by atoms with E-state index < -0.39 is 0 Å². The van der Waals surface area contributed by atoms with E-state index in [2.05, 4.69) is 20.5 Å². The molecular formula is C21H29FN4O. The van der Waals surface area contributed by atoms with Crippen molar-refractivity contribution in [2.45, 2.75) is 31.7 Å². The lowest BCUT2D eigenvalue weighted by Gasteiger charge is -2.33. The van der Waals surface area contributed by atoms with Crippen molar-refractivity contribution in [2.24, 2.45) is 4.99 Å². The fourth-order valence-electron chi connectivity index (χ4n) is 3.55. The van der Waals surface area contributed by atoms with Gasteiger partial charge >= 0.3 is 0 Å². The van der Waals surface area contributed by atoms with Gasteiger partial charge in [0.1, 0.15) is 11.6 Å². The Morgan fingerprint density at radius 3 is 2.74 bits per heavy atom. The first-order valence-electron chi connectivity index (χ1n) is 9.72. The maximum absolute atomic E-state index is 13.3. The summed E-state index contributed by atoms with van der Waals surface area (Å²) in [6.45, 7) is 3.61. The summed E-state index contributed by atoms with van der Waals surface area (Å²) in [4.78, 5) is 6.79. The summed E-state index contributed by atoms with van der Waals surface area (Å²) in [7, 11) is 1.76. The minimum absolute atomic E-state index is 0.196. The third-order valence-corrected chi connectivity index (χ3v) is 4.98. The monoisotopic (exact) mass is 372 g/mol. The normalized spacial score (nSPS) is 16.9. The number of halogens is 1. The van der Waals surface area contributed by atoms with Crippen LogP contribution in [-0.4, -0.2) is 44.1 Å². The molecule has 1 atom stereocenters. The van der Waals surface area contributed by atoms with Crippen LogP contribution < -0.4 is 10.6 Å². The maximum Gasteiger partial charge on any atom is 0.191 e. The van der Waals surface area contributed by atoms with Crippen molar-refractivity contribution >= 4 is 5.96 Å². The van der Waals surface area contributed by atoms with Crippen LogP contribution in [0.3, 0.4) is 0 Å². The standard InChI is InChI=1S/C21H29FN4O/c1-23-21(24-11-10-17-7-5-8-18(22)15-17)25-16-19(20-9-6-14-27-20)26-12-3-2-4-13-26/h5-9,14-15,19H,2-4,10-13,16H2,1H3,(H2,23,24,25). The number of hydrogen-bond donors (Lipinski definition) is 2. The highest BCUT2D eigenvalue weighted by molar-refractivity contribution is 5.79. The summed E-state index contributed by atoms with van der Waals surface area (Å²) in [5, 5.41) is 6.72. The zero-order valence-corrected chi connectivity index (χ0v) is 16.0. The predicted molar refractivity (Wildman–Crippen MR) is 106 cm³/mol. The van der Waals surface area contributed by atoms with Crippen LogP contribution in [-0.2, 0) is 6.42 Å². The van der Waals surface area contributed by atoms with Gasteiger partial charge in [-0.2, -0.15) is 0 Å². The summed E-state index contributed by atoms with van der Waals surface area (Å²) < 4.78 is 19.0. The molecule has 0 bridgehead atoms. The molecule has 0 radical (unpaired) electrons. The molecule has 0 spiro atoms. The molecule has 3 rings (SSSR count). The Morgan fingerprint density at radius 1 is 1.19 bits per heavy atom. The summed E-state index contributed by atoms with van der Waals surface area (Å²) in [5.74, 6) is 1.54. The number of likely N-dealkylation sites (tertiary alicyclic amines) is 1. The summed E-state index contributed by atoms with van der Waals surface area (Å²) in [6.07, 6.45) is 6.25. The van der Waals surface area contributed by atoms with E-state index >= 15 is 0 Å². The van der Waals surface area contributed by atoms with Crippen molar-refractivity contribution in [3.8, 4) is 0 Å². The van der Waals surface area contributed by atoms with Gasteiger partial charge < -0.3 is 15.1 Å². The van der Waals surface area contributed by atoms with Gasteiger partial charge in [0.05, 0.1) is 12.3 Å². The van der Waals surface area contributed by atoms with Crippen molar-refractivity contribution in [3.05, 3.63) is 59.8 Å². The molecule has 6 heteroatoms. The topological polar surface area (TPSA) is 52.8 Å². The maximum atomic E-state index is 13.3. The van der Waals surface area contributed by atoms with Gasteiger partial charge in [0, 0.05) is 20.1 Å². The average molecular weight is 372 g/mol. The van der Waals surface area contributed by atoms with E-state index in [9.17, 15) is 4.39 Å². The van der Waals surface area contributed by atoms with Crippen molar-refractivity contribution in [1.29, 1.82) is 0 Å². The Labute approximate surface area is 160 Å². The molecule has 1 fully saturated rings. The lowest BCUT2D eigenvalue weighted by atomic mass is 10.1. The van der Waals surface area contributed by atoms with Crippen LogP contribution in [0.25, 0.3) is 0 Å². The number of benzene rings is 1. The van der Waals surface area contributed by atoms with Crippen molar-refractivity contribution in [3.63, 3.8) is 0 Å². The van der Waals surface area contributed by atoms with Crippen LogP contribution in [0.5, 0.6) is 0 Å². The van der Waals surface area contributed by atoms with Crippen LogP contribution in [0.2, 0.25) is 0 Å².